The molecule has 1 aromatic heterocycles. The van der Waals surface area contributed by atoms with Crippen LogP contribution in [0.4, 0.5) is 5.69 Å². The van der Waals surface area contributed by atoms with E-state index >= 15 is 0 Å². The monoisotopic (exact) mass is 234 g/mol. The van der Waals surface area contributed by atoms with Crippen LogP contribution in [0.5, 0.6) is 0 Å². The molecule has 0 aliphatic heterocycles. The minimum atomic E-state index is -0.00660. The molecule has 0 saturated carbocycles. The van der Waals surface area contributed by atoms with Gasteiger partial charge in [-0.2, -0.15) is 0 Å². The molecule has 0 fully saturated rings. The van der Waals surface area contributed by atoms with Gasteiger partial charge in [-0.1, -0.05) is 13.8 Å². The average Bonchev–Trinajstić information content (AvgIpc) is 2.57. The summed E-state index contributed by atoms with van der Waals surface area (Å²) < 4.78 is 1.15. The van der Waals surface area contributed by atoms with Crippen LogP contribution in [0.3, 0.4) is 0 Å². The van der Waals surface area contributed by atoms with Crippen LogP contribution >= 0.6 is 11.3 Å². The lowest BCUT2D eigenvalue weighted by Gasteiger charge is -2.06. The zero-order valence-corrected chi connectivity index (χ0v) is 10.4. The van der Waals surface area contributed by atoms with Crippen LogP contribution in [0, 0.1) is 12.8 Å². The van der Waals surface area contributed by atoms with Crippen LogP contribution in [0.2, 0.25) is 0 Å². The third-order valence-electron chi connectivity index (χ3n) is 2.29. The highest BCUT2D eigenvalue weighted by Gasteiger charge is 2.08. The molecule has 1 heterocycles. The lowest BCUT2D eigenvalue weighted by atomic mass is 10.2. The van der Waals surface area contributed by atoms with E-state index in [4.69, 9.17) is 0 Å². The molecule has 0 aliphatic carbocycles. The first kappa shape index (κ1) is 11.1. The molecule has 2 aromatic rings. The molecular formula is C12H14N2OS. The Morgan fingerprint density at radius 1 is 1.44 bits per heavy atom. The van der Waals surface area contributed by atoms with E-state index in [1.165, 1.54) is 0 Å². The molecule has 1 aromatic carbocycles. The minimum absolute atomic E-state index is 0.00660. The molecule has 0 unspecified atom stereocenters. The normalized spacial score (nSPS) is 11.0. The zero-order chi connectivity index (χ0) is 11.7. The Balaban J connectivity index is 2.29. The molecule has 0 atom stereocenters. The minimum Gasteiger partial charge on any atom is -0.326 e. The van der Waals surface area contributed by atoms with E-state index in [2.05, 4.69) is 10.3 Å². The van der Waals surface area contributed by atoms with Gasteiger partial charge in [0, 0.05) is 11.6 Å². The molecular weight excluding hydrogens is 220 g/mol. The van der Waals surface area contributed by atoms with Crippen molar-refractivity contribution in [2.75, 3.05) is 5.32 Å². The summed E-state index contributed by atoms with van der Waals surface area (Å²) in [6.45, 7) is 5.73. The number of hydrogen-bond donors (Lipinski definition) is 1. The predicted molar refractivity (Wildman–Crippen MR) is 67.8 cm³/mol. The van der Waals surface area contributed by atoms with Crippen molar-refractivity contribution in [1.29, 1.82) is 0 Å². The van der Waals surface area contributed by atoms with Crippen LogP contribution in [0.25, 0.3) is 10.2 Å². The first-order chi connectivity index (χ1) is 7.56. The van der Waals surface area contributed by atoms with Gasteiger partial charge >= 0.3 is 0 Å². The van der Waals surface area contributed by atoms with Crippen molar-refractivity contribution in [3.8, 4) is 0 Å². The molecule has 0 radical (unpaired) electrons. The first-order valence-corrected chi connectivity index (χ1v) is 6.06. The number of fused-ring (bicyclic) bond motifs is 1. The fraction of sp³-hybridized carbons (Fsp3) is 0.333. The molecule has 1 N–H and O–H groups in total. The van der Waals surface area contributed by atoms with Gasteiger partial charge in [0.25, 0.3) is 0 Å². The van der Waals surface area contributed by atoms with Gasteiger partial charge in [-0.25, -0.2) is 4.98 Å². The van der Waals surface area contributed by atoms with E-state index in [1.807, 2.05) is 39.0 Å². The number of aromatic nitrogens is 1. The number of thiazole rings is 1. The van der Waals surface area contributed by atoms with Crippen molar-refractivity contribution in [2.24, 2.45) is 5.92 Å². The summed E-state index contributed by atoms with van der Waals surface area (Å²) in [5, 5.41) is 3.91. The van der Waals surface area contributed by atoms with Gasteiger partial charge in [0.1, 0.15) is 0 Å². The molecule has 1 amide bonds. The summed E-state index contributed by atoms with van der Waals surface area (Å²) in [7, 11) is 0. The summed E-state index contributed by atoms with van der Waals surface area (Å²) >= 11 is 1.66. The largest absolute Gasteiger partial charge is 0.326 e. The first-order valence-electron chi connectivity index (χ1n) is 5.24. The second-order valence-corrected chi connectivity index (χ2v) is 5.29. The van der Waals surface area contributed by atoms with Crippen molar-refractivity contribution in [1.82, 2.24) is 4.98 Å². The van der Waals surface area contributed by atoms with Crippen LogP contribution in [-0.4, -0.2) is 10.9 Å². The number of aryl methyl sites for hydroxylation is 1. The number of amides is 1. The summed E-state index contributed by atoms with van der Waals surface area (Å²) in [4.78, 5) is 15.9. The van der Waals surface area contributed by atoms with Crippen LogP contribution < -0.4 is 5.32 Å². The number of anilines is 1. The number of benzene rings is 1. The topological polar surface area (TPSA) is 42.0 Å². The third-order valence-corrected chi connectivity index (χ3v) is 3.24. The zero-order valence-electron chi connectivity index (χ0n) is 9.57. The van der Waals surface area contributed by atoms with Crippen molar-refractivity contribution in [3.05, 3.63) is 23.2 Å². The van der Waals surface area contributed by atoms with E-state index in [0.29, 0.717) is 0 Å². The molecule has 0 spiro atoms. The standard InChI is InChI=1S/C12H14N2OS/c1-7(2)12(15)14-9-4-5-11-10(6-9)13-8(3)16-11/h4-7H,1-3H3,(H,14,15). The van der Waals surface area contributed by atoms with Crippen LogP contribution in [0.1, 0.15) is 18.9 Å². The average molecular weight is 234 g/mol. The highest BCUT2D eigenvalue weighted by atomic mass is 32.1. The summed E-state index contributed by atoms with van der Waals surface area (Å²) in [6.07, 6.45) is 0. The lowest BCUT2D eigenvalue weighted by molar-refractivity contribution is -0.118. The summed E-state index contributed by atoms with van der Waals surface area (Å²) in [6, 6.07) is 5.83. The molecule has 16 heavy (non-hydrogen) atoms. The fourth-order valence-corrected chi connectivity index (χ4v) is 2.21. The Hall–Kier alpha value is -1.42. The second-order valence-electron chi connectivity index (χ2n) is 4.06. The smallest absolute Gasteiger partial charge is 0.226 e. The van der Waals surface area contributed by atoms with Crippen LogP contribution in [-0.2, 0) is 4.79 Å². The molecule has 0 bridgehead atoms. The summed E-state index contributed by atoms with van der Waals surface area (Å²) in [5.74, 6) is 0.0270. The predicted octanol–water partition coefficient (Wildman–Crippen LogP) is 3.20. The van der Waals surface area contributed by atoms with Gasteiger partial charge < -0.3 is 5.32 Å². The van der Waals surface area contributed by atoms with E-state index in [0.717, 1.165) is 20.9 Å². The molecule has 0 aliphatic rings. The quantitative estimate of drug-likeness (QED) is 0.867. The summed E-state index contributed by atoms with van der Waals surface area (Å²) in [5.41, 5.74) is 1.76. The van der Waals surface area contributed by atoms with Gasteiger partial charge in [-0.3, -0.25) is 4.79 Å². The van der Waals surface area contributed by atoms with Gasteiger partial charge in [0.05, 0.1) is 15.2 Å². The van der Waals surface area contributed by atoms with Gasteiger partial charge in [0.15, 0.2) is 0 Å². The Bertz CT molecular complexity index is 531. The SMILES string of the molecule is Cc1nc2cc(NC(=O)C(C)C)ccc2s1. The Labute approximate surface area is 98.5 Å². The van der Waals surface area contributed by atoms with E-state index in [1.54, 1.807) is 11.3 Å². The van der Waals surface area contributed by atoms with Crippen molar-refractivity contribution in [2.45, 2.75) is 20.8 Å². The number of hydrogen-bond acceptors (Lipinski definition) is 3. The molecule has 3 nitrogen and oxygen atoms in total. The van der Waals surface area contributed by atoms with Crippen molar-refractivity contribution >= 4 is 33.1 Å². The van der Waals surface area contributed by atoms with Crippen LogP contribution in [0.15, 0.2) is 18.2 Å². The van der Waals surface area contributed by atoms with Gasteiger partial charge in [-0.15, -0.1) is 11.3 Å². The third kappa shape index (κ3) is 2.22. The lowest BCUT2D eigenvalue weighted by Crippen LogP contribution is -2.17. The van der Waals surface area contributed by atoms with E-state index < -0.39 is 0 Å². The molecule has 2 rings (SSSR count). The highest BCUT2D eigenvalue weighted by Crippen LogP contribution is 2.24. The Kier molecular flexibility index (Phi) is 2.92. The number of carbonyl (C=O) groups is 1. The van der Waals surface area contributed by atoms with Crippen molar-refractivity contribution in [3.63, 3.8) is 0 Å². The number of carbonyl (C=O) groups excluding carboxylic acids is 1. The van der Waals surface area contributed by atoms with Gasteiger partial charge in [0.2, 0.25) is 5.91 Å². The number of nitrogens with one attached hydrogen (secondary N) is 1. The second kappa shape index (κ2) is 4.22. The molecule has 4 heteroatoms. The highest BCUT2D eigenvalue weighted by molar-refractivity contribution is 7.18. The molecule has 84 valence electrons. The maximum atomic E-state index is 11.5. The number of rotatable bonds is 2. The maximum absolute atomic E-state index is 11.5. The van der Waals surface area contributed by atoms with E-state index in [-0.39, 0.29) is 11.8 Å². The van der Waals surface area contributed by atoms with E-state index in [9.17, 15) is 4.79 Å². The Morgan fingerprint density at radius 3 is 2.88 bits per heavy atom. The Morgan fingerprint density at radius 2 is 2.19 bits per heavy atom. The molecule has 0 saturated heterocycles. The maximum Gasteiger partial charge on any atom is 0.226 e. The fourth-order valence-electron chi connectivity index (χ4n) is 1.41. The van der Waals surface area contributed by atoms with Crippen molar-refractivity contribution < 1.29 is 4.79 Å². The van der Waals surface area contributed by atoms with Gasteiger partial charge in [-0.05, 0) is 25.1 Å². The number of nitrogens with zero attached hydrogens (tertiary/aromatic N) is 1.